The molecule has 7 rings (SSSR count). The molecule has 4 amide bonds. The summed E-state index contributed by atoms with van der Waals surface area (Å²) in [5.41, 5.74) is 3.95. The van der Waals surface area contributed by atoms with Crippen LogP contribution in [0.15, 0.2) is 66.7 Å². The van der Waals surface area contributed by atoms with E-state index in [1.807, 2.05) is 36.4 Å². The molecule has 1 unspecified atom stereocenters. The van der Waals surface area contributed by atoms with E-state index in [0.29, 0.717) is 69.8 Å². The third kappa shape index (κ3) is 10.8. The van der Waals surface area contributed by atoms with Gasteiger partial charge in [-0.25, -0.2) is 0 Å². The van der Waals surface area contributed by atoms with Gasteiger partial charge >= 0.3 is 0 Å². The van der Waals surface area contributed by atoms with Gasteiger partial charge in [0.15, 0.2) is 6.61 Å². The molecular weight excluding hydrogens is 692 g/mol. The van der Waals surface area contributed by atoms with Gasteiger partial charge in [0.25, 0.3) is 18.3 Å². The quantitative estimate of drug-likeness (QED) is 0.277. The van der Waals surface area contributed by atoms with Gasteiger partial charge in [0.2, 0.25) is 11.8 Å². The molecule has 3 heterocycles. The largest absolute Gasteiger partial charge is 0.493 e. The molecule has 13 heteroatoms. The Balaban J connectivity index is 0.00000181. The van der Waals surface area contributed by atoms with Crippen LogP contribution in [0.1, 0.15) is 58.3 Å². The zero-order valence-electron chi connectivity index (χ0n) is 30.8. The van der Waals surface area contributed by atoms with Crippen LogP contribution >= 0.6 is 0 Å². The second-order valence-electron chi connectivity index (χ2n) is 13.9. The monoisotopic (exact) mass is 742 g/mol. The molecule has 0 saturated heterocycles. The molecule has 54 heavy (non-hydrogen) atoms. The van der Waals surface area contributed by atoms with Gasteiger partial charge in [-0.2, -0.15) is 0 Å². The van der Waals surface area contributed by atoms with Crippen molar-refractivity contribution in [1.29, 1.82) is 0 Å². The van der Waals surface area contributed by atoms with Crippen molar-refractivity contribution in [1.82, 2.24) is 20.9 Å². The lowest BCUT2D eigenvalue weighted by Crippen LogP contribution is -2.53. The SMILES string of the molecule is COCCC1(C(=O)NC2Cc3ccccc3C2)CNC(=O)CCCN(C(=O)c2ccc3c(c2)CCO3)CCCNC(=O)COc2ccc(cc2)C1.O=CO. The molecule has 0 spiro atoms. The number of hydrogen-bond donors (Lipinski definition) is 4. The Kier molecular flexibility index (Phi) is 14.4. The van der Waals surface area contributed by atoms with Crippen LogP contribution < -0.4 is 25.4 Å². The molecule has 1 aliphatic carbocycles. The second kappa shape index (κ2) is 19.6. The highest BCUT2D eigenvalue weighted by Gasteiger charge is 2.40. The highest BCUT2D eigenvalue weighted by Crippen LogP contribution is 2.31. The number of nitrogens with zero attached hydrogens (tertiary/aromatic N) is 1. The molecule has 3 aromatic rings. The van der Waals surface area contributed by atoms with E-state index in [4.69, 9.17) is 24.1 Å². The molecule has 1 atom stereocenters. The van der Waals surface area contributed by atoms with Crippen LogP contribution in [0.25, 0.3) is 0 Å². The number of carbonyl (C=O) groups excluding carboxylic acids is 4. The minimum atomic E-state index is -0.997. The predicted molar refractivity (Wildman–Crippen MR) is 200 cm³/mol. The van der Waals surface area contributed by atoms with Crippen LogP contribution in [-0.2, 0) is 49.6 Å². The lowest BCUT2D eigenvalue weighted by Gasteiger charge is -2.34. The van der Waals surface area contributed by atoms with Crippen LogP contribution in [0.2, 0.25) is 0 Å². The molecule has 4 aliphatic rings. The van der Waals surface area contributed by atoms with Gasteiger partial charge in [-0.15, -0.1) is 0 Å². The number of methoxy groups -OCH3 is 1. The van der Waals surface area contributed by atoms with Crippen molar-refractivity contribution in [2.75, 3.05) is 53.1 Å². The Morgan fingerprint density at radius 3 is 2.39 bits per heavy atom. The number of benzene rings is 3. The molecule has 0 saturated carbocycles. The third-order valence-corrected chi connectivity index (χ3v) is 10.1. The number of amides is 4. The second-order valence-corrected chi connectivity index (χ2v) is 13.9. The predicted octanol–water partition coefficient (Wildman–Crippen LogP) is 3.11. The summed E-state index contributed by atoms with van der Waals surface area (Å²) >= 11 is 0. The molecular formula is C41H50N4O9. The summed E-state index contributed by atoms with van der Waals surface area (Å²) < 4.78 is 16.9. The lowest BCUT2D eigenvalue weighted by atomic mass is 9.77. The van der Waals surface area contributed by atoms with Gasteiger partial charge in [-0.3, -0.25) is 24.0 Å². The van der Waals surface area contributed by atoms with E-state index in [0.717, 1.165) is 36.1 Å². The number of rotatable bonds is 6. The molecule has 0 fully saturated rings. The summed E-state index contributed by atoms with van der Waals surface area (Å²) in [6.45, 7) is 1.80. The van der Waals surface area contributed by atoms with Gasteiger partial charge in [-0.1, -0.05) is 36.4 Å². The lowest BCUT2D eigenvalue weighted by molar-refractivity contribution is -0.133. The summed E-state index contributed by atoms with van der Waals surface area (Å²) in [7, 11) is 1.61. The van der Waals surface area contributed by atoms with E-state index < -0.39 is 5.41 Å². The topological polar surface area (TPSA) is 173 Å². The molecule has 4 N–H and O–H groups in total. The minimum absolute atomic E-state index is 0.0466. The maximum absolute atomic E-state index is 14.4. The molecule has 2 bridgehead atoms. The number of fused-ring (bicyclic) bond motifs is 19. The Labute approximate surface area is 315 Å². The maximum Gasteiger partial charge on any atom is 0.290 e. The normalized spacial score (nSPS) is 19.4. The Morgan fingerprint density at radius 1 is 0.944 bits per heavy atom. The number of nitrogens with one attached hydrogen (secondary N) is 3. The number of ether oxygens (including phenoxy) is 3. The maximum atomic E-state index is 14.4. The van der Waals surface area contributed by atoms with Crippen molar-refractivity contribution in [3.63, 3.8) is 0 Å². The first kappa shape index (κ1) is 39.8. The molecule has 3 aromatic carbocycles. The minimum Gasteiger partial charge on any atom is -0.493 e. The van der Waals surface area contributed by atoms with Gasteiger partial charge < -0.3 is 40.2 Å². The number of carbonyl (C=O) groups is 5. The Bertz CT molecular complexity index is 1740. The average Bonchev–Trinajstić information content (AvgIpc) is 3.82. The van der Waals surface area contributed by atoms with Gasteiger partial charge in [0, 0.05) is 64.3 Å². The highest BCUT2D eigenvalue weighted by molar-refractivity contribution is 5.94. The van der Waals surface area contributed by atoms with Gasteiger partial charge in [0.1, 0.15) is 11.5 Å². The summed E-state index contributed by atoms with van der Waals surface area (Å²) in [4.78, 5) is 64.2. The number of carboxylic acid groups (broad SMARTS) is 1. The molecule has 3 aliphatic heterocycles. The molecule has 13 nitrogen and oxygen atoms in total. The summed E-state index contributed by atoms with van der Waals surface area (Å²) in [5, 5.41) is 16.2. The first-order chi connectivity index (χ1) is 26.2. The summed E-state index contributed by atoms with van der Waals surface area (Å²) in [5.74, 6) is 0.626. The fraction of sp³-hybridized carbons (Fsp3) is 0.439. The zero-order chi connectivity index (χ0) is 38.3. The van der Waals surface area contributed by atoms with E-state index in [-0.39, 0.29) is 55.7 Å². The van der Waals surface area contributed by atoms with E-state index in [2.05, 4.69) is 28.1 Å². The van der Waals surface area contributed by atoms with Gasteiger partial charge in [-0.05, 0) is 91.1 Å². The highest BCUT2D eigenvalue weighted by atomic mass is 16.5. The van der Waals surface area contributed by atoms with Crippen LogP contribution in [0, 0.1) is 5.41 Å². The van der Waals surface area contributed by atoms with Crippen molar-refractivity contribution in [2.45, 2.75) is 57.4 Å². The third-order valence-electron chi connectivity index (χ3n) is 10.1. The smallest absolute Gasteiger partial charge is 0.290 e. The van der Waals surface area contributed by atoms with Crippen LogP contribution in [0.3, 0.4) is 0 Å². The standard InChI is InChI=1S/C40H48N4O7.CH2O2/c1-49-21-16-40(39(48)43-33-23-29-6-2-3-7-30(29)24-33)25-28-9-12-34(13-10-28)51-26-37(46)41-17-5-19-44(18-4-8-36(45)42-27-40)38(47)32-11-14-35-31(22-32)15-20-50-35;2-1-3/h2-3,6-7,9-14,22,33H,4-5,8,15-21,23-27H2,1H3,(H,41,46)(H,42,45)(H,43,48);1H,(H,2,3). The van der Waals surface area contributed by atoms with Crippen molar-refractivity contribution in [2.24, 2.45) is 5.41 Å². The van der Waals surface area contributed by atoms with Gasteiger partial charge in [0.05, 0.1) is 12.0 Å². The van der Waals surface area contributed by atoms with Crippen molar-refractivity contribution < 1.29 is 43.3 Å². The summed E-state index contributed by atoms with van der Waals surface area (Å²) in [6, 6.07) is 21.1. The Morgan fingerprint density at radius 2 is 1.67 bits per heavy atom. The van der Waals surface area contributed by atoms with Crippen molar-refractivity contribution >= 4 is 30.1 Å². The fourth-order valence-corrected chi connectivity index (χ4v) is 7.21. The molecule has 0 aromatic heterocycles. The van der Waals surface area contributed by atoms with Crippen LogP contribution in [0.5, 0.6) is 11.5 Å². The average molecular weight is 743 g/mol. The first-order valence-corrected chi connectivity index (χ1v) is 18.5. The summed E-state index contributed by atoms with van der Waals surface area (Å²) in [6.07, 6.45) is 4.17. The van der Waals surface area contributed by atoms with Crippen molar-refractivity contribution in [3.05, 3.63) is 94.5 Å². The van der Waals surface area contributed by atoms with Crippen LogP contribution in [-0.4, -0.2) is 99.3 Å². The van der Waals surface area contributed by atoms with E-state index in [1.165, 1.54) is 11.1 Å². The first-order valence-electron chi connectivity index (χ1n) is 18.5. The van der Waals surface area contributed by atoms with E-state index in [1.54, 1.807) is 30.2 Å². The molecule has 0 radical (unpaired) electrons. The number of hydrogen-bond acceptors (Lipinski definition) is 8. The van der Waals surface area contributed by atoms with E-state index >= 15 is 0 Å². The van der Waals surface area contributed by atoms with Crippen LogP contribution in [0.4, 0.5) is 0 Å². The van der Waals surface area contributed by atoms with Crippen molar-refractivity contribution in [3.8, 4) is 11.5 Å². The molecule has 288 valence electrons. The zero-order valence-corrected chi connectivity index (χ0v) is 30.8. The fourth-order valence-electron chi connectivity index (χ4n) is 7.21. The Hall–Kier alpha value is -5.43. The van der Waals surface area contributed by atoms with E-state index in [9.17, 15) is 19.2 Å².